The highest BCUT2D eigenvalue weighted by Crippen LogP contribution is 2.35. The van der Waals surface area contributed by atoms with Crippen molar-refractivity contribution in [1.82, 2.24) is 5.32 Å². The molecule has 1 heterocycles. The molecule has 1 N–H and O–H groups in total. The summed E-state index contributed by atoms with van der Waals surface area (Å²) in [5.41, 5.74) is 2.64. The SMILES string of the molecule is CCCNC(C)c1c(OC)cccc1N1CCSCC1. The van der Waals surface area contributed by atoms with Crippen LogP contribution in [-0.2, 0) is 0 Å². The molecular formula is C16H26N2OS. The van der Waals surface area contributed by atoms with Crippen molar-refractivity contribution in [3.05, 3.63) is 23.8 Å². The summed E-state index contributed by atoms with van der Waals surface area (Å²) in [6.07, 6.45) is 1.15. The Morgan fingerprint density at radius 3 is 2.75 bits per heavy atom. The van der Waals surface area contributed by atoms with Crippen LogP contribution < -0.4 is 15.0 Å². The summed E-state index contributed by atoms with van der Waals surface area (Å²) in [5, 5.41) is 3.59. The third kappa shape index (κ3) is 3.61. The molecule has 3 nitrogen and oxygen atoms in total. The molecule has 4 heteroatoms. The Kier molecular flexibility index (Phi) is 6.05. The molecule has 112 valence electrons. The first-order valence-electron chi connectivity index (χ1n) is 7.51. The lowest BCUT2D eigenvalue weighted by atomic mass is 10.0. The third-order valence-corrected chi connectivity index (χ3v) is 4.69. The summed E-state index contributed by atoms with van der Waals surface area (Å²) in [6.45, 7) is 7.73. The van der Waals surface area contributed by atoms with Crippen molar-refractivity contribution in [2.45, 2.75) is 26.3 Å². The summed E-state index contributed by atoms with van der Waals surface area (Å²) in [5.74, 6) is 3.43. The fraction of sp³-hybridized carbons (Fsp3) is 0.625. The van der Waals surface area contributed by atoms with Gasteiger partial charge in [-0.05, 0) is 32.0 Å². The highest BCUT2D eigenvalue weighted by molar-refractivity contribution is 7.99. The van der Waals surface area contributed by atoms with Crippen LogP contribution in [0.3, 0.4) is 0 Å². The molecule has 0 radical (unpaired) electrons. The number of nitrogens with zero attached hydrogens (tertiary/aromatic N) is 1. The van der Waals surface area contributed by atoms with E-state index in [9.17, 15) is 0 Å². The monoisotopic (exact) mass is 294 g/mol. The lowest BCUT2D eigenvalue weighted by Crippen LogP contribution is -2.34. The average molecular weight is 294 g/mol. The first-order valence-corrected chi connectivity index (χ1v) is 8.66. The molecule has 1 aromatic rings. The zero-order chi connectivity index (χ0) is 14.4. The smallest absolute Gasteiger partial charge is 0.125 e. The number of hydrogen-bond donors (Lipinski definition) is 1. The Labute approximate surface area is 127 Å². The van der Waals surface area contributed by atoms with Crippen molar-refractivity contribution in [2.24, 2.45) is 0 Å². The van der Waals surface area contributed by atoms with Crippen molar-refractivity contribution in [3.63, 3.8) is 0 Å². The maximum absolute atomic E-state index is 5.61. The Morgan fingerprint density at radius 1 is 1.35 bits per heavy atom. The summed E-state index contributed by atoms with van der Waals surface area (Å²) in [6, 6.07) is 6.72. The first-order chi connectivity index (χ1) is 9.77. The summed E-state index contributed by atoms with van der Waals surface area (Å²) >= 11 is 2.04. The van der Waals surface area contributed by atoms with Crippen molar-refractivity contribution in [2.75, 3.05) is 43.1 Å². The molecule has 1 saturated heterocycles. The Bertz CT molecular complexity index is 419. The predicted molar refractivity (Wildman–Crippen MR) is 89.2 cm³/mol. The van der Waals surface area contributed by atoms with Gasteiger partial charge in [-0.25, -0.2) is 0 Å². The van der Waals surface area contributed by atoms with Gasteiger partial charge in [0.1, 0.15) is 5.75 Å². The van der Waals surface area contributed by atoms with E-state index in [2.05, 4.69) is 42.3 Å². The van der Waals surface area contributed by atoms with E-state index in [-0.39, 0.29) is 0 Å². The Hall–Kier alpha value is -0.870. The maximum Gasteiger partial charge on any atom is 0.125 e. The molecule has 20 heavy (non-hydrogen) atoms. The lowest BCUT2D eigenvalue weighted by Gasteiger charge is -2.32. The van der Waals surface area contributed by atoms with Crippen LogP contribution in [0.25, 0.3) is 0 Å². The molecule has 1 unspecified atom stereocenters. The van der Waals surface area contributed by atoms with Gasteiger partial charge in [-0.2, -0.15) is 11.8 Å². The lowest BCUT2D eigenvalue weighted by molar-refractivity contribution is 0.401. The summed E-state index contributed by atoms with van der Waals surface area (Å²) in [7, 11) is 1.77. The van der Waals surface area contributed by atoms with Crippen LogP contribution in [0.5, 0.6) is 5.75 Å². The number of hydrogen-bond acceptors (Lipinski definition) is 4. The van der Waals surface area contributed by atoms with Crippen LogP contribution in [0, 0.1) is 0 Å². The van der Waals surface area contributed by atoms with Crippen LogP contribution in [0.2, 0.25) is 0 Å². The van der Waals surface area contributed by atoms with E-state index in [0.29, 0.717) is 6.04 Å². The number of benzene rings is 1. The predicted octanol–water partition coefficient (Wildman–Crippen LogP) is 3.31. The number of ether oxygens (including phenoxy) is 1. The molecule has 0 spiro atoms. The summed E-state index contributed by atoms with van der Waals surface area (Å²) in [4.78, 5) is 2.50. The maximum atomic E-state index is 5.61. The van der Waals surface area contributed by atoms with Gasteiger partial charge in [0.2, 0.25) is 0 Å². The number of methoxy groups -OCH3 is 1. The molecule has 1 fully saturated rings. The molecule has 1 atom stereocenters. The number of thioether (sulfide) groups is 1. The minimum atomic E-state index is 0.315. The molecule has 0 amide bonds. The second kappa shape index (κ2) is 7.79. The third-order valence-electron chi connectivity index (χ3n) is 3.75. The van der Waals surface area contributed by atoms with Crippen molar-refractivity contribution < 1.29 is 4.74 Å². The normalized spacial score (nSPS) is 17.1. The highest BCUT2D eigenvalue weighted by Gasteiger charge is 2.21. The van der Waals surface area contributed by atoms with Gasteiger partial charge in [0, 0.05) is 41.9 Å². The van der Waals surface area contributed by atoms with Gasteiger partial charge in [0.15, 0.2) is 0 Å². The molecule has 0 aromatic heterocycles. The van der Waals surface area contributed by atoms with E-state index >= 15 is 0 Å². The fourth-order valence-electron chi connectivity index (χ4n) is 2.69. The summed E-state index contributed by atoms with van der Waals surface area (Å²) < 4.78 is 5.61. The van der Waals surface area contributed by atoms with Gasteiger partial charge < -0.3 is 15.0 Å². The zero-order valence-corrected chi connectivity index (χ0v) is 13.6. The van der Waals surface area contributed by atoms with E-state index in [1.54, 1.807) is 7.11 Å². The molecule has 1 aliphatic rings. The standard InChI is InChI=1S/C16H26N2OS/c1-4-8-17-13(2)16-14(6-5-7-15(16)19-3)18-9-11-20-12-10-18/h5-7,13,17H,4,8-12H2,1-3H3. The van der Waals surface area contributed by atoms with Crippen LogP contribution in [0.1, 0.15) is 31.9 Å². The second-order valence-electron chi connectivity index (χ2n) is 5.17. The van der Waals surface area contributed by atoms with Crippen molar-refractivity contribution >= 4 is 17.4 Å². The van der Waals surface area contributed by atoms with Crippen molar-refractivity contribution in [3.8, 4) is 5.75 Å². The van der Waals surface area contributed by atoms with Gasteiger partial charge in [0.05, 0.1) is 7.11 Å². The zero-order valence-electron chi connectivity index (χ0n) is 12.8. The van der Waals surface area contributed by atoms with Crippen LogP contribution in [0.15, 0.2) is 18.2 Å². The van der Waals surface area contributed by atoms with Crippen LogP contribution in [0.4, 0.5) is 5.69 Å². The molecule has 2 rings (SSSR count). The fourth-order valence-corrected chi connectivity index (χ4v) is 3.59. The van der Waals surface area contributed by atoms with E-state index < -0.39 is 0 Å². The molecular weight excluding hydrogens is 268 g/mol. The van der Waals surface area contributed by atoms with E-state index in [1.807, 2.05) is 11.8 Å². The van der Waals surface area contributed by atoms with Crippen LogP contribution in [-0.4, -0.2) is 38.2 Å². The van der Waals surface area contributed by atoms with Gasteiger partial charge in [0.25, 0.3) is 0 Å². The topological polar surface area (TPSA) is 24.5 Å². The first kappa shape index (κ1) is 15.5. The highest BCUT2D eigenvalue weighted by atomic mass is 32.2. The van der Waals surface area contributed by atoms with E-state index in [1.165, 1.54) is 22.8 Å². The number of nitrogens with one attached hydrogen (secondary N) is 1. The van der Waals surface area contributed by atoms with Crippen LogP contribution >= 0.6 is 11.8 Å². The Balaban J connectivity index is 2.29. The average Bonchev–Trinajstić information content (AvgIpc) is 2.52. The van der Waals surface area contributed by atoms with Gasteiger partial charge in [-0.1, -0.05) is 13.0 Å². The van der Waals surface area contributed by atoms with Gasteiger partial charge >= 0.3 is 0 Å². The quantitative estimate of drug-likeness (QED) is 0.870. The molecule has 0 saturated carbocycles. The second-order valence-corrected chi connectivity index (χ2v) is 6.39. The van der Waals surface area contributed by atoms with E-state index in [0.717, 1.165) is 31.8 Å². The molecule has 1 aromatic carbocycles. The van der Waals surface area contributed by atoms with E-state index in [4.69, 9.17) is 4.74 Å². The largest absolute Gasteiger partial charge is 0.496 e. The molecule has 1 aliphatic heterocycles. The number of anilines is 1. The van der Waals surface area contributed by atoms with Gasteiger partial charge in [-0.15, -0.1) is 0 Å². The minimum absolute atomic E-state index is 0.315. The number of rotatable bonds is 6. The van der Waals surface area contributed by atoms with Gasteiger partial charge in [-0.3, -0.25) is 0 Å². The van der Waals surface area contributed by atoms with Crippen molar-refractivity contribution in [1.29, 1.82) is 0 Å². The minimum Gasteiger partial charge on any atom is -0.496 e. The molecule has 0 bridgehead atoms. The molecule has 0 aliphatic carbocycles. The Morgan fingerprint density at radius 2 is 2.10 bits per heavy atom.